The maximum atomic E-state index is 13.3. The zero-order valence-corrected chi connectivity index (χ0v) is 22.5. The summed E-state index contributed by atoms with van der Waals surface area (Å²) in [6, 6.07) is 17.3. The number of hydroxylamine groups is 1. The number of nitrogens with one attached hydrogen (secondary N) is 1. The van der Waals surface area contributed by atoms with E-state index in [4.69, 9.17) is 9.57 Å². The number of thioether (sulfide) groups is 1. The first kappa shape index (κ1) is 27.2. The van der Waals surface area contributed by atoms with Crippen LogP contribution in [-0.4, -0.2) is 40.3 Å². The number of carbonyl (C=O) groups excluding carboxylic acids is 2. The summed E-state index contributed by atoms with van der Waals surface area (Å²) in [7, 11) is 0. The van der Waals surface area contributed by atoms with Crippen molar-refractivity contribution in [3.05, 3.63) is 65.7 Å². The number of benzene rings is 2. The summed E-state index contributed by atoms with van der Waals surface area (Å²) >= 11 is 1.18. The van der Waals surface area contributed by atoms with Gasteiger partial charge in [-0.3, -0.25) is 14.5 Å². The highest BCUT2D eigenvalue weighted by atomic mass is 32.2. The molecule has 0 bridgehead atoms. The van der Waals surface area contributed by atoms with Crippen LogP contribution in [0.2, 0.25) is 0 Å². The van der Waals surface area contributed by atoms with Gasteiger partial charge >= 0.3 is 6.09 Å². The molecule has 1 heterocycles. The van der Waals surface area contributed by atoms with E-state index >= 15 is 0 Å². The molecule has 0 saturated carbocycles. The van der Waals surface area contributed by atoms with Gasteiger partial charge in [-0.05, 0) is 74.0 Å². The third-order valence-electron chi connectivity index (χ3n) is 5.75. The lowest BCUT2D eigenvalue weighted by Gasteiger charge is -2.39. The maximum absolute atomic E-state index is 13.3. The summed E-state index contributed by atoms with van der Waals surface area (Å²) in [6.07, 6.45) is 0.778. The molecule has 1 aliphatic rings. The fourth-order valence-corrected chi connectivity index (χ4v) is 4.74. The molecule has 1 aliphatic heterocycles. The Balaban J connectivity index is 1.65. The van der Waals surface area contributed by atoms with Crippen molar-refractivity contribution >= 4 is 23.0 Å². The van der Waals surface area contributed by atoms with Crippen molar-refractivity contribution in [2.45, 2.75) is 89.0 Å². The average Bonchev–Trinajstić information content (AvgIpc) is 2.78. The van der Waals surface area contributed by atoms with Crippen molar-refractivity contribution < 1.29 is 19.2 Å². The quantitative estimate of drug-likeness (QED) is 0.384. The fraction of sp³-hybridized carbons (Fsp3) is 0.500. The van der Waals surface area contributed by atoms with Crippen molar-refractivity contribution in [3.8, 4) is 0 Å². The Labute approximate surface area is 213 Å². The Morgan fingerprint density at radius 2 is 1.63 bits per heavy atom. The van der Waals surface area contributed by atoms with E-state index in [2.05, 4.69) is 38.4 Å². The zero-order valence-electron chi connectivity index (χ0n) is 21.7. The van der Waals surface area contributed by atoms with E-state index in [0.29, 0.717) is 26.0 Å². The normalized spacial score (nSPS) is 18.9. The van der Waals surface area contributed by atoms with Gasteiger partial charge in [0.05, 0.1) is 12.6 Å². The fourth-order valence-electron chi connectivity index (χ4n) is 3.86. The monoisotopic (exact) mass is 498 g/mol. The lowest BCUT2D eigenvalue weighted by molar-refractivity contribution is -0.118. The molecule has 2 aromatic carbocycles. The van der Waals surface area contributed by atoms with Gasteiger partial charge in [-0.2, -0.15) is 5.48 Å². The van der Waals surface area contributed by atoms with E-state index in [-0.39, 0.29) is 16.6 Å². The molecule has 0 spiro atoms. The third-order valence-corrected chi connectivity index (χ3v) is 6.73. The predicted molar refractivity (Wildman–Crippen MR) is 140 cm³/mol. The number of nitrogens with zero attached hydrogens (tertiary/aromatic N) is 1. The van der Waals surface area contributed by atoms with Crippen LogP contribution in [0.1, 0.15) is 65.5 Å². The molecular weight excluding hydrogens is 460 g/mol. The molecule has 6 nitrogen and oxygen atoms in total. The molecule has 1 saturated heterocycles. The SMILES string of the molecule is CC(C)(C)OC(=O)N1C[C@H](NOCc2ccccc2)CC[C@H]1C(=O)Sc1ccc(C(C)(C)C)cc1. The van der Waals surface area contributed by atoms with E-state index in [0.717, 1.165) is 10.5 Å². The number of ether oxygens (including phenoxy) is 1. The van der Waals surface area contributed by atoms with Crippen LogP contribution in [0.3, 0.4) is 0 Å². The standard InChI is InChI=1S/C28H38N2O4S/c1-27(2,3)21-12-15-23(16-13-21)35-25(31)24-17-14-22(18-30(24)26(32)34-28(4,5)6)29-33-19-20-10-8-7-9-11-20/h7-13,15-16,22,24,29H,14,17-19H2,1-6H3/t22-,24+/m1/s1. The average molecular weight is 499 g/mol. The Morgan fingerprint density at radius 3 is 2.23 bits per heavy atom. The number of hydrogen-bond acceptors (Lipinski definition) is 6. The van der Waals surface area contributed by atoms with Crippen LogP contribution in [0, 0.1) is 0 Å². The molecule has 1 fully saturated rings. The number of piperidine rings is 1. The maximum Gasteiger partial charge on any atom is 0.410 e. The molecule has 0 aliphatic carbocycles. The Bertz CT molecular complexity index is 981. The van der Waals surface area contributed by atoms with Crippen molar-refractivity contribution in [1.29, 1.82) is 0 Å². The Morgan fingerprint density at radius 1 is 0.971 bits per heavy atom. The van der Waals surface area contributed by atoms with Crippen LogP contribution in [-0.2, 0) is 26.4 Å². The number of likely N-dealkylation sites (tertiary alicyclic amines) is 1. The highest BCUT2D eigenvalue weighted by molar-refractivity contribution is 8.13. The summed E-state index contributed by atoms with van der Waals surface area (Å²) in [5, 5.41) is -0.0528. The predicted octanol–water partition coefficient (Wildman–Crippen LogP) is 6.09. The van der Waals surface area contributed by atoms with Crippen molar-refractivity contribution in [2.24, 2.45) is 0 Å². The van der Waals surface area contributed by atoms with E-state index in [1.165, 1.54) is 17.3 Å². The first-order chi connectivity index (χ1) is 16.4. The van der Waals surface area contributed by atoms with E-state index in [9.17, 15) is 9.59 Å². The molecule has 7 heteroatoms. The molecule has 0 aromatic heterocycles. The van der Waals surface area contributed by atoms with E-state index < -0.39 is 17.7 Å². The molecule has 0 unspecified atom stereocenters. The van der Waals surface area contributed by atoms with Crippen LogP contribution < -0.4 is 5.48 Å². The smallest absolute Gasteiger partial charge is 0.410 e. The molecule has 2 atom stereocenters. The van der Waals surface area contributed by atoms with Crippen LogP contribution >= 0.6 is 11.8 Å². The van der Waals surface area contributed by atoms with Gasteiger partial charge in [-0.1, -0.05) is 63.2 Å². The van der Waals surface area contributed by atoms with Crippen molar-refractivity contribution in [3.63, 3.8) is 0 Å². The lowest BCUT2D eigenvalue weighted by Crippen LogP contribution is -2.55. The first-order valence-corrected chi connectivity index (χ1v) is 13.0. The molecule has 2 aromatic rings. The molecule has 35 heavy (non-hydrogen) atoms. The highest BCUT2D eigenvalue weighted by Gasteiger charge is 2.38. The van der Waals surface area contributed by atoms with Gasteiger partial charge in [0.15, 0.2) is 0 Å². The van der Waals surface area contributed by atoms with E-state index in [1.807, 2.05) is 63.2 Å². The van der Waals surface area contributed by atoms with Crippen LogP contribution in [0.25, 0.3) is 0 Å². The zero-order chi connectivity index (χ0) is 25.6. The summed E-state index contributed by atoms with van der Waals surface area (Å²) in [5.74, 6) is 0. The molecular formula is C28H38N2O4S. The molecule has 0 radical (unpaired) electrons. The molecule has 3 rings (SSSR count). The summed E-state index contributed by atoms with van der Waals surface area (Å²) in [4.78, 5) is 34.5. The van der Waals surface area contributed by atoms with Crippen molar-refractivity contribution in [1.82, 2.24) is 10.4 Å². The largest absolute Gasteiger partial charge is 0.444 e. The van der Waals surface area contributed by atoms with Crippen LogP contribution in [0.4, 0.5) is 4.79 Å². The minimum atomic E-state index is -0.648. The second-order valence-corrected chi connectivity index (χ2v) is 12.1. The van der Waals surface area contributed by atoms with Gasteiger partial charge in [-0.25, -0.2) is 4.79 Å². The summed E-state index contributed by atoms with van der Waals surface area (Å²) in [6.45, 7) is 12.7. The topological polar surface area (TPSA) is 67.9 Å². The number of carbonyl (C=O) groups is 2. The third kappa shape index (κ3) is 8.37. The number of rotatable bonds is 6. The van der Waals surface area contributed by atoms with Crippen LogP contribution in [0.5, 0.6) is 0 Å². The molecule has 190 valence electrons. The highest BCUT2D eigenvalue weighted by Crippen LogP contribution is 2.30. The summed E-state index contributed by atoms with van der Waals surface area (Å²) < 4.78 is 5.64. The summed E-state index contributed by atoms with van der Waals surface area (Å²) in [5.41, 5.74) is 4.75. The van der Waals surface area contributed by atoms with Gasteiger partial charge in [0, 0.05) is 11.4 Å². The van der Waals surface area contributed by atoms with E-state index in [1.54, 1.807) is 4.90 Å². The van der Waals surface area contributed by atoms with Gasteiger partial charge in [0.2, 0.25) is 5.12 Å². The van der Waals surface area contributed by atoms with Gasteiger partial charge in [0.1, 0.15) is 11.6 Å². The van der Waals surface area contributed by atoms with Gasteiger partial charge in [0.25, 0.3) is 0 Å². The second kappa shape index (κ2) is 11.6. The number of amides is 1. The Kier molecular flexibility index (Phi) is 9.02. The first-order valence-electron chi connectivity index (χ1n) is 12.2. The lowest BCUT2D eigenvalue weighted by atomic mass is 9.87. The second-order valence-electron chi connectivity index (χ2n) is 11.0. The van der Waals surface area contributed by atoms with Crippen LogP contribution in [0.15, 0.2) is 59.5 Å². The number of hydrogen-bond donors (Lipinski definition) is 1. The van der Waals surface area contributed by atoms with Gasteiger partial charge < -0.3 is 4.74 Å². The minimum absolute atomic E-state index is 0.0503. The molecule has 1 amide bonds. The van der Waals surface area contributed by atoms with Gasteiger partial charge in [-0.15, -0.1) is 0 Å². The molecule has 1 N–H and O–H groups in total. The Hall–Kier alpha value is -2.35. The van der Waals surface area contributed by atoms with Crippen molar-refractivity contribution in [2.75, 3.05) is 6.54 Å². The minimum Gasteiger partial charge on any atom is -0.444 e.